The first-order valence-electron chi connectivity index (χ1n) is 9.27. The monoisotopic (exact) mass is 363 g/mol. The largest absolute Gasteiger partial charge is 0.464 e. The van der Waals surface area contributed by atoms with Crippen LogP contribution in [0.2, 0.25) is 0 Å². The maximum absolute atomic E-state index is 12.8. The Hall–Kier alpha value is -1.32. The molecule has 1 saturated heterocycles. The van der Waals surface area contributed by atoms with E-state index >= 15 is 0 Å². The van der Waals surface area contributed by atoms with Crippen LogP contribution in [0.1, 0.15) is 44.6 Å². The smallest absolute Gasteiger partial charge is 0.314 e. The summed E-state index contributed by atoms with van der Waals surface area (Å²) >= 11 is 0. The van der Waals surface area contributed by atoms with Gasteiger partial charge in [-0.25, -0.2) is 0 Å². The third-order valence-electron chi connectivity index (χ3n) is 5.43. The van der Waals surface area contributed by atoms with Crippen LogP contribution in [0.5, 0.6) is 0 Å². The van der Waals surface area contributed by atoms with Gasteiger partial charge in [0.15, 0.2) is 0 Å². The van der Waals surface area contributed by atoms with Gasteiger partial charge in [-0.3, -0.25) is 9.69 Å². The number of esters is 1. The van der Waals surface area contributed by atoms with Crippen molar-refractivity contribution in [2.75, 3.05) is 19.7 Å². The summed E-state index contributed by atoms with van der Waals surface area (Å²) in [5, 5.41) is 0. The molecule has 0 amide bonds. The summed E-state index contributed by atoms with van der Waals surface area (Å²) in [6.07, 6.45) is 7.71. The molecule has 0 saturated carbocycles. The first-order chi connectivity index (χ1) is 11.6. The van der Waals surface area contributed by atoms with Gasteiger partial charge in [-0.15, -0.1) is 12.4 Å². The van der Waals surface area contributed by atoms with Gasteiger partial charge < -0.3 is 4.74 Å². The van der Waals surface area contributed by atoms with Crippen molar-refractivity contribution in [3.63, 3.8) is 0 Å². The molecule has 25 heavy (non-hydrogen) atoms. The summed E-state index contributed by atoms with van der Waals surface area (Å²) in [4.78, 5) is 15.2. The molecule has 3 nitrogen and oxygen atoms in total. The Balaban J connectivity index is 0.00000225. The molecule has 0 radical (unpaired) electrons. The molecule has 0 N–H and O–H groups in total. The Morgan fingerprint density at radius 3 is 2.64 bits per heavy atom. The quantitative estimate of drug-likeness (QED) is 0.553. The van der Waals surface area contributed by atoms with Gasteiger partial charge in [0, 0.05) is 19.1 Å². The zero-order valence-corrected chi connectivity index (χ0v) is 16.1. The third kappa shape index (κ3) is 5.08. The van der Waals surface area contributed by atoms with Gasteiger partial charge in [-0.1, -0.05) is 49.4 Å². The lowest BCUT2D eigenvalue weighted by atomic mass is 9.85. The second-order valence-corrected chi connectivity index (χ2v) is 7.41. The molecule has 3 rings (SSSR count). The normalized spacial score (nSPS) is 27.0. The Labute approximate surface area is 157 Å². The molecule has 1 aromatic rings. The van der Waals surface area contributed by atoms with Crippen LogP contribution < -0.4 is 0 Å². The predicted molar refractivity (Wildman–Crippen MR) is 104 cm³/mol. The van der Waals surface area contributed by atoms with E-state index in [9.17, 15) is 4.79 Å². The van der Waals surface area contributed by atoms with Gasteiger partial charge >= 0.3 is 5.97 Å². The second kappa shape index (κ2) is 9.40. The molecule has 1 aromatic carbocycles. The molecular formula is C21H30ClNO2. The molecule has 0 spiro atoms. The molecular weight excluding hydrogens is 334 g/mol. The van der Waals surface area contributed by atoms with Crippen molar-refractivity contribution in [3.05, 3.63) is 48.0 Å². The number of hydrogen-bond donors (Lipinski definition) is 0. The molecule has 138 valence electrons. The Bertz CT molecular complexity index is 575. The summed E-state index contributed by atoms with van der Waals surface area (Å²) in [6, 6.07) is 10.7. The lowest BCUT2D eigenvalue weighted by Crippen LogP contribution is -2.32. The maximum Gasteiger partial charge on any atom is 0.314 e. The molecule has 2 aliphatic rings. The van der Waals surface area contributed by atoms with Crippen LogP contribution in [0.15, 0.2) is 42.5 Å². The van der Waals surface area contributed by atoms with Crippen molar-refractivity contribution >= 4 is 18.4 Å². The lowest BCUT2D eigenvalue weighted by Gasteiger charge is -2.24. The summed E-state index contributed by atoms with van der Waals surface area (Å²) in [5.41, 5.74) is 1.07. The molecule has 1 heterocycles. The summed E-state index contributed by atoms with van der Waals surface area (Å²) in [5.74, 6) is 0.777. The fourth-order valence-electron chi connectivity index (χ4n) is 4.20. The highest BCUT2D eigenvalue weighted by Gasteiger charge is 2.31. The third-order valence-corrected chi connectivity index (χ3v) is 5.43. The van der Waals surface area contributed by atoms with E-state index in [1.165, 1.54) is 6.42 Å². The van der Waals surface area contributed by atoms with Gasteiger partial charge in [0.05, 0.1) is 5.92 Å². The van der Waals surface area contributed by atoms with Crippen molar-refractivity contribution in [3.8, 4) is 0 Å². The Morgan fingerprint density at radius 2 is 2.04 bits per heavy atom. The van der Waals surface area contributed by atoms with Crippen LogP contribution in [-0.4, -0.2) is 36.6 Å². The minimum Gasteiger partial charge on any atom is -0.464 e. The number of nitrogens with zero attached hydrogens (tertiary/aromatic N) is 1. The molecule has 1 aliphatic heterocycles. The summed E-state index contributed by atoms with van der Waals surface area (Å²) in [7, 11) is 0. The number of allylic oxidation sites excluding steroid dienone is 2. The van der Waals surface area contributed by atoms with Crippen LogP contribution in [-0.2, 0) is 9.53 Å². The fourth-order valence-corrected chi connectivity index (χ4v) is 4.20. The number of benzene rings is 1. The van der Waals surface area contributed by atoms with E-state index in [0.29, 0.717) is 12.6 Å². The van der Waals surface area contributed by atoms with Crippen LogP contribution in [0.3, 0.4) is 0 Å². The molecule has 4 atom stereocenters. The van der Waals surface area contributed by atoms with Crippen LogP contribution >= 0.6 is 12.4 Å². The van der Waals surface area contributed by atoms with Gasteiger partial charge in [-0.05, 0) is 43.6 Å². The van der Waals surface area contributed by atoms with E-state index in [2.05, 4.69) is 30.9 Å². The van der Waals surface area contributed by atoms with E-state index in [-0.39, 0.29) is 30.2 Å². The van der Waals surface area contributed by atoms with Gasteiger partial charge in [0.2, 0.25) is 0 Å². The van der Waals surface area contributed by atoms with Crippen molar-refractivity contribution < 1.29 is 9.53 Å². The molecule has 0 bridgehead atoms. The van der Waals surface area contributed by atoms with E-state index < -0.39 is 0 Å². The van der Waals surface area contributed by atoms with E-state index in [4.69, 9.17) is 4.74 Å². The molecule has 4 unspecified atom stereocenters. The number of likely N-dealkylation sites (tertiary alicyclic amines) is 1. The molecule has 1 fully saturated rings. The maximum atomic E-state index is 12.8. The zero-order valence-electron chi connectivity index (χ0n) is 15.3. The van der Waals surface area contributed by atoms with Crippen molar-refractivity contribution in [2.24, 2.45) is 11.8 Å². The number of rotatable bonds is 6. The van der Waals surface area contributed by atoms with Crippen molar-refractivity contribution in [1.82, 2.24) is 4.90 Å². The average molecular weight is 364 g/mol. The second-order valence-electron chi connectivity index (χ2n) is 7.41. The number of carbonyl (C=O) groups excluding carboxylic acids is 1. The number of ether oxygens (including phenoxy) is 1. The van der Waals surface area contributed by atoms with Crippen molar-refractivity contribution in [1.29, 1.82) is 0 Å². The Morgan fingerprint density at radius 1 is 1.28 bits per heavy atom. The first kappa shape index (κ1) is 20.0. The van der Waals surface area contributed by atoms with Gasteiger partial charge in [0.25, 0.3) is 0 Å². The molecule has 0 aromatic heterocycles. The number of halogens is 1. The van der Waals surface area contributed by atoms with Crippen LogP contribution in [0.25, 0.3) is 0 Å². The average Bonchev–Trinajstić information content (AvgIpc) is 3.19. The molecule has 4 heteroatoms. The SMILES string of the molecule is CC1CC(C)N(CCOC(=O)C(c2ccccc2)C2C=CCC2)C1.Cl. The lowest BCUT2D eigenvalue weighted by molar-refractivity contribution is -0.147. The highest BCUT2D eigenvalue weighted by molar-refractivity contribution is 5.85. The van der Waals surface area contributed by atoms with E-state index in [0.717, 1.165) is 37.4 Å². The Kier molecular flexibility index (Phi) is 7.52. The van der Waals surface area contributed by atoms with Gasteiger partial charge in [0.1, 0.15) is 6.61 Å². The number of carbonyl (C=O) groups is 1. The number of hydrogen-bond acceptors (Lipinski definition) is 3. The fraction of sp³-hybridized carbons (Fsp3) is 0.571. The minimum atomic E-state index is -0.167. The zero-order chi connectivity index (χ0) is 16.9. The topological polar surface area (TPSA) is 29.5 Å². The highest BCUT2D eigenvalue weighted by Crippen LogP contribution is 2.34. The highest BCUT2D eigenvalue weighted by atomic mass is 35.5. The minimum absolute atomic E-state index is 0. The van der Waals surface area contributed by atoms with Crippen molar-refractivity contribution in [2.45, 2.75) is 45.1 Å². The summed E-state index contributed by atoms with van der Waals surface area (Å²) in [6.45, 7) is 7.02. The van der Waals surface area contributed by atoms with E-state index in [1.807, 2.05) is 30.3 Å². The first-order valence-corrected chi connectivity index (χ1v) is 9.27. The summed E-state index contributed by atoms with van der Waals surface area (Å²) < 4.78 is 5.70. The van der Waals surface area contributed by atoms with Crippen LogP contribution in [0, 0.1) is 11.8 Å². The molecule has 1 aliphatic carbocycles. The van der Waals surface area contributed by atoms with Gasteiger partial charge in [-0.2, -0.15) is 0 Å². The van der Waals surface area contributed by atoms with E-state index in [1.54, 1.807) is 0 Å². The predicted octanol–water partition coefficient (Wildman–Crippen LogP) is 4.43. The van der Waals surface area contributed by atoms with Crippen LogP contribution in [0.4, 0.5) is 0 Å². The standard InChI is InChI=1S/C21H29NO2.ClH/c1-16-14-17(2)22(15-16)12-13-24-21(23)20(19-10-6-7-11-19)18-8-4-3-5-9-18;/h3-6,8-10,16-17,19-20H,7,11-15H2,1-2H3;1H.